The maximum Gasteiger partial charge on any atom is 0.417 e. The monoisotopic (exact) mass is 383 g/mol. The number of fused-ring (bicyclic) bond motifs is 1. The van der Waals surface area contributed by atoms with Gasteiger partial charge in [-0.3, -0.25) is 9.20 Å². The molecule has 0 saturated heterocycles. The first kappa shape index (κ1) is 18.1. The van der Waals surface area contributed by atoms with Gasteiger partial charge in [-0.05, 0) is 43.7 Å². The van der Waals surface area contributed by atoms with Crippen LogP contribution in [-0.4, -0.2) is 20.4 Å². The van der Waals surface area contributed by atoms with Gasteiger partial charge in [-0.2, -0.15) is 13.2 Å². The van der Waals surface area contributed by atoms with Gasteiger partial charge in [-0.25, -0.2) is 4.98 Å². The van der Waals surface area contributed by atoms with Crippen molar-refractivity contribution in [2.45, 2.75) is 20.0 Å². The van der Waals surface area contributed by atoms with Crippen molar-refractivity contribution >= 4 is 28.8 Å². The number of pyridine rings is 1. The molecule has 0 unspecified atom stereocenters. The molecule has 2 N–H and O–H groups in total. The molecule has 0 fully saturated rings. The predicted molar refractivity (Wildman–Crippen MR) is 90.7 cm³/mol. The van der Waals surface area contributed by atoms with Crippen molar-refractivity contribution < 1.29 is 23.1 Å². The van der Waals surface area contributed by atoms with Gasteiger partial charge >= 0.3 is 6.18 Å². The summed E-state index contributed by atoms with van der Waals surface area (Å²) >= 11 is 5.92. The molecule has 0 aliphatic rings. The highest BCUT2D eigenvalue weighted by Gasteiger charge is 2.33. The second-order valence-electron chi connectivity index (χ2n) is 5.77. The molecule has 1 aromatic carbocycles. The molecule has 0 atom stereocenters. The fraction of sp³-hybridized carbons (Fsp3) is 0.176. The first-order valence-corrected chi connectivity index (χ1v) is 7.82. The number of carbonyl (C=O) groups is 1. The van der Waals surface area contributed by atoms with E-state index in [4.69, 9.17) is 11.6 Å². The van der Waals surface area contributed by atoms with E-state index in [0.29, 0.717) is 11.3 Å². The summed E-state index contributed by atoms with van der Waals surface area (Å²) in [7, 11) is 0. The van der Waals surface area contributed by atoms with E-state index in [-0.39, 0.29) is 27.8 Å². The lowest BCUT2D eigenvalue weighted by Crippen LogP contribution is -2.17. The summed E-state index contributed by atoms with van der Waals surface area (Å²) in [6, 6.07) is 5.11. The largest absolute Gasteiger partial charge is 0.508 e. The number of aromatic hydroxyl groups is 1. The molecule has 5 nitrogen and oxygen atoms in total. The van der Waals surface area contributed by atoms with Gasteiger partial charge in [0.1, 0.15) is 11.4 Å². The van der Waals surface area contributed by atoms with Gasteiger partial charge in [0, 0.05) is 11.9 Å². The van der Waals surface area contributed by atoms with Crippen LogP contribution in [0.5, 0.6) is 5.75 Å². The number of nitrogens with one attached hydrogen (secondary N) is 1. The third kappa shape index (κ3) is 3.20. The average Bonchev–Trinajstić information content (AvgIpc) is 2.86. The Kier molecular flexibility index (Phi) is 4.31. The Bertz CT molecular complexity index is 1030. The third-order valence-electron chi connectivity index (χ3n) is 3.85. The predicted octanol–water partition coefficient (Wildman–Crippen LogP) is 4.58. The maximum absolute atomic E-state index is 13.1. The van der Waals surface area contributed by atoms with Crippen LogP contribution < -0.4 is 5.32 Å². The van der Waals surface area contributed by atoms with E-state index in [1.165, 1.54) is 25.1 Å². The Labute approximate surface area is 151 Å². The Hall–Kier alpha value is -2.74. The van der Waals surface area contributed by atoms with Crippen LogP contribution in [-0.2, 0) is 6.18 Å². The molecular weight excluding hydrogens is 371 g/mol. The van der Waals surface area contributed by atoms with Crippen LogP contribution in [0.25, 0.3) is 5.65 Å². The number of aromatic nitrogens is 2. The zero-order valence-electron chi connectivity index (χ0n) is 13.6. The molecule has 2 heterocycles. The van der Waals surface area contributed by atoms with Gasteiger partial charge in [0.2, 0.25) is 0 Å². The summed E-state index contributed by atoms with van der Waals surface area (Å²) in [5, 5.41) is 11.8. The topological polar surface area (TPSA) is 66.6 Å². The van der Waals surface area contributed by atoms with Gasteiger partial charge in [0.25, 0.3) is 5.91 Å². The molecular formula is C17H13ClF3N3O2. The van der Waals surface area contributed by atoms with Gasteiger partial charge in [0.15, 0.2) is 5.65 Å². The number of anilines is 1. The fourth-order valence-corrected chi connectivity index (χ4v) is 2.87. The van der Waals surface area contributed by atoms with Crippen molar-refractivity contribution in [2.75, 3.05) is 5.32 Å². The Morgan fingerprint density at radius 2 is 1.96 bits per heavy atom. The van der Waals surface area contributed by atoms with Crippen molar-refractivity contribution in [3.05, 3.63) is 58.0 Å². The minimum Gasteiger partial charge on any atom is -0.508 e. The van der Waals surface area contributed by atoms with Crippen molar-refractivity contribution in [3.63, 3.8) is 0 Å². The van der Waals surface area contributed by atoms with Crippen LogP contribution in [0, 0.1) is 13.8 Å². The lowest BCUT2D eigenvalue weighted by Gasteiger charge is -2.11. The zero-order valence-corrected chi connectivity index (χ0v) is 14.4. The fourth-order valence-electron chi connectivity index (χ4n) is 2.62. The number of nitrogens with zero attached hydrogens (tertiary/aromatic N) is 2. The van der Waals surface area contributed by atoms with Gasteiger partial charge in [0.05, 0.1) is 16.3 Å². The molecule has 136 valence electrons. The Morgan fingerprint density at radius 3 is 2.58 bits per heavy atom. The number of halogens is 4. The first-order chi connectivity index (χ1) is 12.1. The third-order valence-corrected chi connectivity index (χ3v) is 4.13. The van der Waals surface area contributed by atoms with Crippen LogP contribution in [0.1, 0.15) is 27.3 Å². The molecule has 0 saturated carbocycles. The minimum atomic E-state index is -4.61. The summed E-state index contributed by atoms with van der Waals surface area (Å²) in [6.07, 6.45) is -3.82. The summed E-state index contributed by atoms with van der Waals surface area (Å²) in [4.78, 5) is 16.8. The summed E-state index contributed by atoms with van der Waals surface area (Å²) < 4.78 is 40.2. The number of phenols is 1. The lowest BCUT2D eigenvalue weighted by molar-refractivity contribution is -0.137. The highest BCUT2D eigenvalue weighted by Crippen LogP contribution is 2.33. The quantitative estimate of drug-likeness (QED) is 0.636. The van der Waals surface area contributed by atoms with Crippen molar-refractivity contribution in [2.24, 2.45) is 0 Å². The molecule has 2 aromatic heterocycles. The Morgan fingerprint density at radius 1 is 1.27 bits per heavy atom. The molecule has 0 spiro atoms. The van der Waals surface area contributed by atoms with Gasteiger partial charge in [-0.1, -0.05) is 11.6 Å². The number of benzene rings is 1. The number of hydrogen-bond acceptors (Lipinski definition) is 3. The molecule has 0 bridgehead atoms. The van der Waals surface area contributed by atoms with E-state index in [1.807, 2.05) is 0 Å². The first-order valence-electron chi connectivity index (χ1n) is 7.44. The van der Waals surface area contributed by atoms with E-state index in [2.05, 4.69) is 10.3 Å². The minimum absolute atomic E-state index is 0.0353. The SMILES string of the molecule is Cc1cc(O)ccc1NC(=O)c1c(C)nc2c(Cl)cc(C(F)(F)F)cn12. The number of aryl methyl sites for hydroxylation is 2. The van der Waals surface area contributed by atoms with Crippen molar-refractivity contribution in [1.29, 1.82) is 0 Å². The molecule has 0 aliphatic heterocycles. The highest BCUT2D eigenvalue weighted by atomic mass is 35.5. The lowest BCUT2D eigenvalue weighted by atomic mass is 10.2. The molecule has 0 aliphatic carbocycles. The van der Waals surface area contributed by atoms with Crippen LogP contribution >= 0.6 is 11.6 Å². The van der Waals surface area contributed by atoms with Crippen LogP contribution in [0.4, 0.5) is 18.9 Å². The smallest absolute Gasteiger partial charge is 0.417 e. The number of carbonyl (C=O) groups excluding carboxylic acids is 1. The van der Waals surface area contributed by atoms with E-state index in [1.54, 1.807) is 6.92 Å². The molecule has 3 rings (SSSR count). The highest BCUT2D eigenvalue weighted by molar-refractivity contribution is 6.33. The molecule has 1 amide bonds. The van der Waals surface area contributed by atoms with E-state index < -0.39 is 17.6 Å². The average molecular weight is 384 g/mol. The molecule has 26 heavy (non-hydrogen) atoms. The van der Waals surface area contributed by atoms with Gasteiger partial charge < -0.3 is 10.4 Å². The standard InChI is InChI=1S/C17H13ClF3N3O2/c1-8-5-11(25)3-4-13(8)23-16(26)14-9(2)22-15-12(18)6-10(7-24(14)15)17(19,20)21/h3-7,25H,1-2H3,(H,23,26). The number of phenolic OH excluding ortho intramolecular Hbond substituents is 1. The second-order valence-corrected chi connectivity index (χ2v) is 6.17. The molecule has 9 heteroatoms. The van der Waals surface area contributed by atoms with E-state index in [0.717, 1.165) is 16.7 Å². The van der Waals surface area contributed by atoms with Crippen molar-refractivity contribution in [3.8, 4) is 5.75 Å². The van der Waals surface area contributed by atoms with E-state index >= 15 is 0 Å². The normalized spacial score (nSPS) is 11.8. The van der Waals surface area contributed by atoms with Gasteiger partial charge in [-0.15, -0.1) is 0 Å². The number of alkyl halides is 3. The number of rotatable bonds is 2. The number of hydrogen-bond donors (Lipinski definition) is 2. The maximum atomic E-state index is 13.1. The zero-order chi connectivity index (χ0) is 19.2. The van der Waals surface area contributed by atoms with Crippen LogP contribution in [0.15, 0.2) is 30.5 Å². The molecule has 3 aromatic rings. The summed E-state index contributed by atoms with van der Waals surface area (Å²) in [5.74, 6) is -0.604. The van der Waals surface area contributed by atoms with Crippen molar-refractivity contribution in [1.82, 2.24) is 9.38 Å². The second kappa shape index (κ2) is 6.21. The number of imidazole rings is 1. The van der Waals surface area contributed by atoms with Crippen LogP contribution in [0.2, 0.25) is 5.02 Å². The summed E-state index contributed by atoms with van der Waals surface area (Å²) in [5.41, 5.74) is 0.270. The Balaban J connectivity index is 2.10. The summed E-state index contributed by atoms with van der Waals surface area (Å²) in [6.45, 7) is 3.19. The van der Waals surface area contributed by atoms with Crippen LogP contribution in [0.3, 0.4) is 0 Å². The van der Waals surface area contributed by atoms with E-state index in [9.17, 15) is 23.1 Å². The number of amides is 1. The molecule has 0 radical (unpaired) electrons.